The largest absolute Gasteiger partial charge is 0.395 e. The van der Waals surface area contributed by atoms with Gasteiger partial charge < -0.3 is 10.4 Å². The molecular weight excluding hydrogens is 220 g/mol. The number of carbonyl (C=O) groups excluding carboxylic acids is 1. The zero-order chi connectivity index (χ0) is 11.9. The molecule has 0 aromatic rings. The van der Waals surface area contributed by atoms with Crippen LogP contribution in [0.25, 0.3) is 0 Å². The molecule has 0 unspecified atom stereocenters. The molecule has 0 aliphatic heterocycles. The molecule has 0 aromatic carbocycles. The van der Waals surface area contributed by atoms with Crippen molar-refractivity contribution in [2.45, 2.75) is 13.8 Å². The monoisotopic (exact) mass is 238 g/mol. The number of nitrogens with one attached hydrogen (secondary N) is 2. The Kier molecular flexibility index (Phi) is 6.46. The molecule has 0 rings (SSSR count). The second kappa shape index (κ2) is 6.76. The number of amides is 1. The summed E-state index contributed by atoms with van der Waals surface area (Å²) in [5.74, 6) is -0.432. The molecule has 0 aromatic heterocycles. The number of hydrogen-bond acceptors (Lipinski definition) is 4. The van der Waals surface area contributed by atoms with Gasteiger partial charge in [0.05, 0.1) is 18.9 Å². The van der Waals surface area contributed by atoms with Gasteiger partial charge in [-0.3, -0.25) is 4.79 Å². The van der Waals surface area contributed by atoms with Crippen molar-refractivity contribution in [2.75, 3.05) is 25.4 Å². The first kappa shape index (κ1) is 14.3. The van der Waals surface area contributed by atoms with Crippen molar-refractivity contribution in [1.82, 2.24) is 10.0 Å². The third-order valence-electron chi connectivity index (χ3n) is 1.52. The molecule has 1 amide bonds. The number of hydrogen-bond donors (Lipinski definition) is 3. The van der Waals surface area contributed by atoms with Gasteiger partial charge in [-0.2, -0.15) is 0 Å². The van der Waals surface area contributed by atoms with Crippen LogP contribution in [0.2, 0.25) is 0 Å². The molecule has 90 valence electrons. The van der Waals surface area contributed by atoms with Crippen LogP contribution >= 0.6 is 0 Å². The van der Waals surface area contributed by atoms with Crippen molar-refractivity contribution < 1.29 is 18.3 Å². The summed E-state index contributed by atoms with van der Waals surface area (Å²) in [6.07, 6.45) is 0. The van der Waals surface area contributed by atoms with Crippen LogP contribution in [-0.4, -0.2) is 44.9 Å². The zero-order valence-corrected chi connectivity index (χ0v) is 9.80. The smallest absolute Gasteiger partial charge is 0.235 e. The Hall–Kier alpha value is -0.660. The maximum Gasteiger partial charge on any atom is 0.235 e. The topological polar surface area (TPSA) is 95.5 Å². The van der Waals surface area contributed by atoms with E-state index in [-0.39, 0.29) is 18.2 Å². The minimum atomic E-state index is -3.53. The van der Waals surface area contributed by atoms with Crippen molar-refractivity contribution in [2.24, 2.45) is 5.92 Å². The summed E-state index contributed by atoms with van der Waals surface area (Å²) in [5, 5.41) is 11.0. The van der Waals surface area contributed by atoms with Gasteiger partial charge in [0.25, 0.3) is 0 Å². The molecular formula is C8H18N2O4S. The first-order valence-electron chi connectivity index (χ1n) is 4.72. The third kappa shape index (κ3) is 8.34. The summed E-state index contributed by atoms with van der Waals surface area (Å²) in [6, 6.07) is 0. The van der Waals surface area contributed by atoms with Crippen LogP contribution in [0.15, 0.2) is 0 Å². The highest BCUT2D eigenvalue weighted by atomic mass is 32.2. The highest BCUT2D eigenvalue weighted by Crippen LogP contribution is 1.87. The number of carbonyl (C=O) groups is 1. The van der Waals surface area contributed by atoms with E-state index in [1.54, 1.807) is 0 Å². The van der Waals surface area contributed by atoms with Crippen molar-refractivity contribution >= 4 is 15.9 Å². The van der Waals surface area contributed by atoms with Gasteiger partial charge in [-0.25, -0.2) is 13.1 Å². The zero-order valence-electron chi connectivity index (χ0n) is 8.99. The van der Waals surface area contributed by atoms with E-state index < -0.39 is 16.6 Å². The summed E-state index contributed by atoms with van der Waals surface area (Å²) in [7, 11) is -3.53. The normalized spacial score (nSPS) is 11.7. The van der Waals surface area contributed by atoms with Gasteiger partial charge in [-0.15, -0.1) is 0 Å². The average molecular weight is 238 g/mol. The van der Waals surface area contributed by atoms with E-state index in [0.29, 0.717) is 12.5 Å². The summed E-state index contributed by atoms with van der Waals surface area (Å²) in [6.45, 7) is 3.66. The summed E-state index contributed by atoms with van der Waals surface area (Å²) < 4.78 is 24.1. The van der Waals surface area contributed by atoms with E-state index in [2.05, 4.69) is 10.0 Å². The third-order valence-corrected chi connectivity index (χ3v) is 2.82. The second-order valence-electron chi connectivity index (χ2n) is 3.56. The fourth-order valence-electron chi connectivity index (χ4n) is 0.748. The predicted octanol–water partition coefficient (Wildman–Crippen LogP) is -1.33. The van der Waals surface area contributed by atoms with E-state index >= 15 is 0 Å². The van der Waals surface area contributed by atoms with Gasteiger partial charge in [-0.05, 0) is 5.92 Å². The quantitative estimate of drug-likeness (QED) is 0.512. The minimum absolute atomic E-state index is 0.283. The molecule has 6 nitrogen and oxygen atoms in total. The van der Waals surface area contributed by atoms with E-state index in [1.807, 2.05) is 13.8 Å². The lowest BCUT2D eigenvalue weighted by Crippen LogP contribution is -2.39. The first-order chi connectivity index (χ1) is 6.87. The lowest BCUT2D eigenvalue weighted by molar-refractivity contribution is -0.120. The molecule has 0 saturated carbocycles. The van der Waals surface area contributed by atoms with Gasteiger partial charge in [0.2, 0.25) is 15.9 Å². The Balaban J connectivity index is 3.80. The van der Waals surface area contributed by atoms with Gasteiger partial charge >= 0.3 is 0 Å². The van der Waals surface area contributed by atoms with Gasteiger partial charge in [0.1, 0.15) is 0 Å². The molecule has 15 heavy (non-hydrogen) atoms. The number of sulfonamides is 1. The summed E-state index contributed by atoms with van der Waals surface area (Å²) >= 11 is 0. The maximum absolute atomic E-state index is 11.1. The van der Waals surface area contributed by atoms with Crippen LogP contribution in [0.5, 0.6) is 0 Å². The molecule has 0 aliphatic carbocycles. The Morgan fingerprint density at radius 2 is 2.00 bits per heavy atom. The van der Waals surface area contributed by atoms with Crippen molar-refractivity contribution in [1.29, 1.82) is 0 Å². The Morgan fingerprint density at radius 1 is 1.40 bits per heavy atom. The predicted molar refractivity (Wildman–Crippen MR) is 56.7 cm³/mol. The molecule has 0 bridgehead atoms. The van der Waals surface area contributed by atoms with Gasteiger partial charge in [0.15, 0.2) is 0 Å². The van der Waals surface area contributed by atoms with Crippen LogP contribution in [0.3, 0.4) is 0 Å². The SMILES string of the molecule is CC(C)CNC(=O)CNS(=O)(=O)CCO. The molecule has 3 N–H and O–H groups in total. The lowest BCUT2D eigenvalue weighted by Gasteiger charge is -2.08. The lowest BCUT2D eigenvalue weighted by atomic mass is 10.2. The fourth-order valence-corrected chi connectivity index (χ4v) is 1.48. The highest BCUT2D eigenvalue weighted by Gasteiger charge is 2.11. The number of aliphatic hydroxyl groups is 1. The van der Waals surface area contributed by atoms with E-state index in [0.717, 1.165) is 0 Å². The Bertz CT molecular complexity index is 287. The maximum atomic E-state index is 11.1. The molecule has 0 fully saturated rings. The first-order valence-corrected chi connectivity index (χ1v) is 6.37. The van der Waals surface area contributed by atoms with E-state index in [9.17, 15) is 13.2 Å². The van der Waals surface area contributed by atoms with E-state index in [4.69, 9.17) is 5.11 Å². The van der Waals surface area contributed by atoms with Gasteiger partial charge in [-0.1, -0.05) is 13.8 Å². The van der Waals surface area contributed by atoms with Crippen LogP contribution in [0.4, 0.5) is 0 Å². The molecule has 0 radical (unpaired) electrons. The van der Waals surface area contributed by atoms with Crippen molar-refractivity contribution in [3.8, 4) is 0 Å². The summed E-state index contributed by atoms with van der Waals surface area (Å²) in [4.78, 5) is 11.1. The minimum Gasteiger partial charge on any atom is -0.395 e. The number of rotatable bonds is 7. The van der Waals surface area contributed by atoms with Crippen LogP contribution < -0.4 is 10.0 Å². The van der Waals surface area contributed by atoms with E-state index in [1.165, 1.54) is 0 Å². The van der Waals surface area contributed by atoms with Gasteiger partial charge in [0, 0.05) is 6.54 Å². The molecule has 0 atom stereocenters. The number of aliphatic hydroxyl groups excluding tert-OH is 1. The van der Waals surface area contributed by atoms with Crippen molar-refractivity contribution in [3.63, 3.8) is 0 Å². The summed E-state index contributed by atoms with van der Waals surface area (Å²) in [5.41, 5.74) is 0. The molecule has 7 heteroatoms. The Morgan fingerprint density at radius 3 is 2.47 bits per heavy atom. The van der Waals surface area contributed by atoms with Crippen LogP contribution in [0.1, 0.15) is 13.8 Å². The van der Waals surface area contributed by atoms with Crippen molar-refractivity contribution in [3.05, 3.63) is 0 Å². The van der Waals surface area contributed by atoms with Crippen LogP contribution in [0, 0.1) is 5.92 Å². The standard InChI is InChI=1S/C8H18N2O4S/c1-7(2)5-9-8(12)6-10-15(13,14)4-3-11/h7,10-11H,3-6H2,1-2H3,(H,9,12). The fraction of sp³-hybridized carbons (Fsp3) is 0.875. The Labute approximate surface area is 90.1 Å². The molecule has 0 saturated heterocycles. The second-order valence-corrected chi connectivity index (χ2v) is 5.49. The molecule has 0 spiro atoms. The average Bonchev–Trinajstić information content (AvgIpc) is 2.11. The van der Waals surface area contributed by atoms with Crippen LogP contribution in [-0.2, 0) is 14.8 Å². The highest BCUT2D eigenvalue weighted by molar-refractivity contribution is 7.89. The molecule has 0 heterocycles. The molecule has 0 aliphatic rings.